The summed E-state index contributed by atoms with van der Waals surface area (Å²) in [5, 5.41) is 0. The van der Waals surface area contributed by atoms with Crippen LogP contribution in [0, 0.1) is 0 Å². The third-order valence-corrected chi connectivity index (χ3v) is 3.47. The van der Waals surface area contributed by atoms with Gasteiger partial charge in [-0.3, -0.25) is 4.11 Å². The van der Waals surface area contributed by atoms with Gasteiger partial charge in [0.2, 0.25) is 0 Å². The van der Waals surface area contributed by atoms with Gasteiger partial charge in [-0.1, -0.05) is 0 Å². The van der Waals surface area contributed by atoms with E-state index in [2.05, 4.69) is 0 Å². The molecule has 8 heavy (non-hydrogen) atoms. The molecule has 0 amide bonds. The molecule has 0 saturated carbocycles. The molecular formula is C5H11FOSi. The van der Waals surface area contributed by atoms with Crippen molar-refractivity contribution in [2.45, 2.75) is 25.4 Å². The van der Waals surface area contributed by atoms with Gasteiger partial charge in [0.25, 0.3) is 0 Å². The second-order valence-electron chi connectivity index (χ2n) is 2.41. The Morgan fingerprint density at radius 2 is 2.25 bits per heavy atom. The third kappa shape index (κ3) is 1.56. The molecule has 1 unspecified atom stereocenters. The van der Waals surface area contributed by atoms with Crippen molar-refractivity contribution in [1.82, 2.24) is 0 Å². The highest BCUT2D eigenvalue weighted by Gasteiger charge is 2.31. The van der Waals surface area contributed by atoms with Crippen molar-refractivity contribution >= 4 is 8.65 Å². The van der Waals surface area contributed by atoms with E-state index in [1.54, 1.807) is 6.55 Å². The molecule has 0 spiro atoms. The lowest BCUT2D eigenvalue weighted by Gasteiger charge is -2.22. The van der Waals surface area contributed by atoms with Crippen LogP contribution in [-0.4, -0.2) is 15.3 Å². The summed E-state index contributed by atoms with van der Waals surface area (Å²) in [4.78, 5) is 0. The first kappa shape index (κ1) is 6.23. The minimum atomic E-state index is -2.59. The van der Waals surface area contributed by atoms with Crippen LogP contribution in [0.2, 0.25) is 12.6 Å². The summed E-state index contributed by atoms with van der Waals surface area (Å²) in [5.41, 5.74) is 0. The maximum atomic E-state index is 12.8. The normalized spacial score (nSPS) is 39.8. The van der Waals surface area contributed by atoms with E-state index in [1.165, 1.54) is 0 Å². The van der Waals surface area contributed by atoms with Crippen molar-refractivity contribution in [3.8, 4) is 0 Å². The van der Waals surface area contributed by atoms with Crippen LogP contribution in [0.5, 0.6) is 0 Å². The molecule has 0 aromatic heterocycles. The first-order valence-corrected chi connectivity index (χ1v) is 5.53. The van der Waals surface area contributed by atoms with Gasteiger partial charge in [0, 0.05) is 6.61 Å². The van der Waals surface area contributed by atoms with Crippen molar-refractivity contribution in [3.05, 3.63) is 0 Å². The highest BCUT2D eigenvalue weighted by molar-refractivity contribution is 6.65. The van der Waals surface area contributed by atoms with E-state index in [-0.39, 0.29) is 0 Å². The smallest absolute Gasteiger partial charge is 0.380 e. The minimum absolute atomic E-state index is 0.652. The van der Waals surface area contributed by atoms with Gasteiger partial charge in [-0.05, 0) is 25.4 Å². The fourth-order valence-corrected chi connectivity index (χ4v) is 2.50. The summed E-state index contributed by atoms with van der Waals surface area (Å²) >= 11 is 0. The highest BCUT2D eigenvalue weighted by atomic mass is 28.4. The number of hydrogen-bond acceptors (Lipinski definition) is 1. The lowest BCUT2D eigenvalue weighted by atomic mass is 10.4. The second kappa shape index (κ2) is 2.15. The van der Waals surface area contributed by atoms with E-state index in [4.69, 9.17) is 4.43 Å². The molecule has 0 aliphatic carbocycles. The largest absolute Gasteiger partial charge is 0.391 e. The van der Waals surface area contributed by atoms with Gasteiger partial charge in [-0.25, -0.2) is 0 Å². The van der Waals surface area contributed by atoms with E-state index in [0.717, 1.165) is 12.8 Å². The Morgan fingerprint density at radius 1 is 1.50 bits per heavy atom. The van der Waals surface area contributed by atoms with Gasteiger partial charge in [-0.2, -0.15) is 0 Å². The Labute approximate surface area is 50.2 Å². The van der Waals surface area contributed by atoms with Crippen LogP contribution in [0.4, 0.5) is 4.11 Å². The predicted octanol–water partition coefficient (Wildman–Crippen LogP) is 1.84. The molecule has 0 N–H and O–H groups in total. The summed E-state index contributed by atoms with van der Waals surface area (Å²) < 4.78 is 17.7. The molecule has 0 radical (unpaired) electrons. The van der Waals surface area contributed by atoms with Crippen molar-refractivity contribution in [2.75, 3.05) is 6.61 Å². The van der Waals surface area contributed by atoms with Crippen LogP contribution in [0.1, 0.15) is 12.8 Å². The van der Waals surface area contributed by atoms with Crippen LogP contribution < -0.4 is 0 Å². The quantitative estimate of drug-likeness (QED) is 0.363. The molecular weight excluding hydrogens is 123 g/mol. The zero-order chi connectivity index (χ0) is 6.04. The fraction of sp³-hybridized carbons (Fsp3) is 1.00. The molecule has 1 heterocycles. The van der Waals surface area contributed by atoms with Gasteiger partial charge in [0.05, 0.1) is 0 Å². The van der Waals surface area contributed by atoms with Gasteiger partial charge in [-0.15, -0.1) is 0 Å². The Hall–Kier alpha value is 0.107. The summed E-state index contributed by atoms with van der Waals surface area (Å²) in [6.07, 6.45) is 2.08. The number of halogens is 1. The van der Waals surface area contributed by atoms with Crippen molar-refractivity contribution < 1.29 is 8.53 Å². The van der Waals surface area contributed by atoms with Gasteiger partial charge < -0.3 is 4.43 Å². The Bertz CT molecular complexity index is 76.5. The second-order valence-corrected chi connectivity index (χ2v) is 5.40. The van der Waals surface area contributed by atoms with Crippen molar-refractivity contribution in [2.24, 2.45) is 0 Å². The number of hydrogen-bond donors (Lipinski definition) is 0. The maximum absolute atomic E-state index is 12.8. The Balaban J connectivity index is 2.33. The van der Waals surface area contributed by atoms with Crippen molar-refractivity contribution in [1.29, 1.82) is 0 Å². The van der Waals surface area contributed by atoms with Crippen LogP contribution in [0.15, 0.2) is 0 Å². The molecule has 1 nitrogen and oxygen atoms in total. The van der Waals surface area contributed by atoms with Crippen LogP contribution in [0.3, 0.4) is 0 Å². The molecule has 0 aromatic rings. The van der Waals surface area contributed by atoms with Crippen molar-refractivity contribution in [3.63, 3.8) is 0 Å². The van der Waals surface area contributed by atoms with Gasteiger partial charge >= 0.3 is 8.65 Å². The van der Waals surface area contributed by atoms with E-state index >= 15 is 0 Å². The molecule has 3 heteroatoms. The highest BCUT2D eigenvalue weighted by Crippen LogP contribution is 2.21. The SMILES string of the molecule is C[Si]1(F)CCCCO1. The molecule has 1 atom stereocenters. The molecule has 0 bridgehead atoms. The lowest BCUT2D eigenvalue weighted by molar-refractivity contribution is 0.239. The molecule has 0 aromatic carbocycles. The zero-order valence-corrected chi connectivity index (χ0v) is 6.11. The predicted molar refractivity (Wildman–Crippen MR) is 32.7 cm³/mol. The van der Waals surface area contributed by atoms with Gasteiger partial charge in [0.1, 0.15) is 0 Å². The minimum Gasteiger partial charge on any atom is -0.391 e. The van der Waals surface area contributed by atoms with Crippen LogP contribution in [-0.2, 0) is 4.43 Å². The van der Waals surface area contributed by atoms with E-state index in [0.29, 0.717) is 12.7 Å². The molecule has 1 rings (SSSR count). The molecule has 1 saturated heterocycles. The summed E-state index contributed by atoms with van der Waals surface area (Å²) in [6, 6.07) is 0.701. The summed E-state index contributed by atoms with van der Waals surface area (Å²) in [6.45, 7) is 2.28. The number of rotatable bonds is 0. The van der Waals surface area contributed by atoms with Crippen LogP contribution in [0.25, 0.3) is 0 Å². The lowest BCUT2D eigenvalue weighted by Crippen LogP contribution is -2.32. The molecule has 1 fully saturated rings. The van der Waals surface area contributed by atoms with E-state index in [1.807, 2.05) is 0 Å². The van der Waals surface area contributed by atoms with Crippen LogP contribution >= 0.6 is 0 Å². The average molecular weight is 134 g/mol. The maximum Gasteiger partial charge on any atom is 0.380 e. The van der Waals surface area contributed by atoms with E-state index < -0.39 is 8.65 Å². The Kier molecular flexibility index (Phi) is 1.67. The third-order valence-electron chi connectivity index (χ3n) is 1.42. The first-order valence-electron chi connectivity index (χ1n) is 3.04. The fourth-order valence-electron chi connectivity index (χ4n) is 0.900. The molecule has 1 aliphatic rings. The first-order chi connectivity index (χ1) is 3.71. The summed E-state index contributed by atoms with van der Waals surface area (Å²) in [7, 11) is -2.59. The summed E-state index contributed by atoms with van der Waals surface area (Å²) in [5.74, 6) is 0. The molecule has 48 valence electrons. The van der Waals surface area contributed by atoms with E-state index in [9.17, 15) is 4.11 Å². The standard InChI is InChI=1S/C5H11FOSi/c1-8(6)5-3-2-4-7-8/h2-5H2,1H3. The topological polar surface area (TPSA) is 9.23 Å². The molecule has 1 aliphatic heterocycles. The van der Waals surface area contributed by atoms with Gasteiger partial charge in [0.15, 0.2) is 0 Å². The average Bonchev–Trinajstić information content (AvgIpc) is 1.65. The Morgan fingerprint density at radius 3 is 2.50 bits per heavy atom. The zero-order valence-electron chi connectivity index (χ0n) is 5.11. The monoisotopic (exact) mass is 134 g/mol.